The van der Waals surface area contributed by atoms with E-state index >= 15 is 0 Å². The molecule has 0 unspecified atom stereocenters. The number of ether oxygens (including phenoxy) is 2. The van der Waals surface area contributed by atoms with Gasteiger partial charge in [0.15, 0.2) is 0 Å². The Balaban J connectivity index is 1.43. The van der Waals surface area contributed by atoms with Crippen molar-refractivity contribution in [3.63, 3.8) is 0 Å². The Labute approximate surface area is 220 Å². The maximum atomic E-state index is 12.9. The van der Waals surface area contributed by atoms with Crippen LogP contribution in [0.3, 0.4) is 0 Å². The minimum absolute atomic E-state index is 0.0110. The molecule has 1 amide bonds. The number of anilines is 1. The van der Waals surface area contributed by atoms with Crippen molar-refractivity contribution in [2.24, 2.45) is 5.41 Å². The van der Waals surface area contributed by atoms with E-state index in [4.69, 9.17) is 9.47 Å². The summed E-state index contributed by atoms with van der Waals surface area (Å²) in [7, 11) is 0. The van der Waals surface area contributed by atoms with Crippen LogP contribution in [0.2, 0.25) is 0 Å². The van der Waals surface area contributed by atoms with Gasteiger partial charge >= 0.3 is 12.1 Å². The van der Waals surface area contributed by atoms with E-state index in [2.05, 4.69) is 50.4 Å². The molecule has 0 saturated heterocycles. The van der Waals surface area contributed by atoms with Crippen molar-refractivity contribution < 1.29 is 19.1 Å². The van der Waals surface area contributed by atoms with E-state index in [1.54, 1.807) is 12.1 Å². The van der Waals surface area contributed by atoms with Crippen molar-refractivity contribution in [1.82, 2.24) is 0 Å². The zero-order valence-electron chi connectivity index (χ0n) is 22.5. The highest BCUT2D eigenvalue weighted by Gasteiger charge is 2.29. The molecule has 0 fully saturated rings. The normalized spacial score (nSPS) is 12.7. The van der Waals surface area contributed by atoms with Crippen molar-refractivity contribution in [3.8, 4) is 16.9 Å². The van der Waals surface area contributed by atoms with E-state index in [0.29, 0.717) is 17.9 Å². The van der Waals surface area contributed by atoms with Crippen molar-refractivity contribution in [2.75, 3.05) is 11.9 Å². The Morgan fingerprint density at radius 1 is 0.892 bits per heavy atom. The Hall–Kier alpha value is -3.60. The number of fused-ring (bicyclic) bond motifs is 3. The van der Waals surface area contributed by atoms with E-state index in [-0.39, 0.29) is 29.8 Å². The molecule has 3 aromatic carbocycles. The van der Waals surface area contributed by atoms with Crippen LogP contribution in [-0.2, 0) is 9.53 Å². The second-order valence-corrected chi connectivity index (χ2v) is 11.2. The lowest BCUT2D eigenvalue weighted by Gasteiger charge is -2.19. The van der Waals surface area contributed by atoms with Crippen LogP contribution in [-0.4, -0.2) is 18.7 Å². The lowest BCUT2D eigenvalue weighted by atomic mass is 9.90. The van der Waals surface area contributed by atoms with Crippen LogP contribution in [0.5, 0.6) is 5.75 Å². The largest absolute Gasteiger partial charge is 0.448 e. The first-order valence-corrected chi connectivity index (χ1v) is 13.1. The topological polar surface area (TPSA) is 64.6 Å². The Kier molecular flexibility index (Phi) is 8.01. The zero-order valence-corrected chi connectivity index (χ0v) is 22.5. The van der Waals surface area contributed by atoms with Gasteiger partial charge in [-0.3, -0.25) is 10.1 Å². The maximum absolute atomic E-state index is 12.9. The molecule has 1 aliphatic rings. The Bertz CT molecular complexity index is 1230. The van der Waals surface area contributed by atoms with Gasteiger partial charge in [-0.05, 0) is 58.6 Å². The summed E-state index contributed by atoms with van der Waals surface area (Å²) in [6, 6.07) is 21.9. The molecule has 5 heteroatoms. The second-order valence-electron chi connectivity index (χ2n) is 11.2. The molecular weight excluding hydrogens is 462 g/mol. The van der Waals surface area contributed by atoms with Crippen LogP contribution in [0.4, 0.5) is 10.5 Å². The summed E-state index contributed by atoms with van der Waals surface area (Å²) in [6.07, 6.45) is 1.55. The van der Waals surface area contributed by atoms with Crippen LogP contribution in [0.25, 0.3) is 11.1 Å². The minimum Gasteiger partial charge on any atom is -0.448 e. The number of esters is 1. The summed E-state index contributed by atoms with van der Waals surface area (Å²) in [5.74, 6) is 0.238. The quantitative estimate of drug-likeness (QED) is 0.250. The van der Waals surface area contributed by atoms with E-state index in [1.165, 1.54) is 22.3 Å². The smallest absolute Gasteiger partial charge is 0.411 e. The van der Waals surface area contributed by atoms with Crippen LogP contribution in [0.1, 0.15) is 82.4 Å². The summed E-state index contributed by atoms with van der Waals surface area (Å²) in [5.41, 5.74) is 6.25. The van der Waals surface area contributed by atoms with Gasteiger partial charge in [-0.15, -0.1) is 0 Å². The molecule has 5 nitrogen and oxygen atoms in total. The number of benzene rings is 3. The zero-order chi connectivity index (χ0) is 26.6. The molecule has 3 aromatic rings. The summed E-state index contributed by atoms with van der Waals surface area (Å²) in [5, 5.41) is 2.89. The number of rotatable bonds is 8. The summed E-state index contributed by atoms with van der Waals surface area (Å²) in [4.78, 5) is 25.4. The highest BCUT2D eigenvalue weighted by molar-refractivity contribution is 5.87. The molecule has 4 rings (SSSR count). The van der Waals surface area contributed by atoms with Crippen LogP contribution in [0.15, 0.2) is 66.7 Å². The number of hydrogen-bond donors (Lipinski definition) is 1. The molecule has 0 saturated carbocycles. The number of carbonyl (C=O) groups excluding carboxylic acids is 2. The first-order valence-electron chi connectivity index (χ1n) is 13.1. The fraction of sp³-hybridized carbons (Fsp3) is 0.375. The molecular formula is C32H37NO4. The van der Waals surface area contributed by atoms with Crippen molar-refractivity contribution in [1.29, 1.82) is 0 Å². The average Bonchev–Trinajstić information content (AvgIpc) is 3.15. The predicted octanol–water partition coefficient (Wildman–Crippen LogP) is 8.29. The third-order valence-electron chi connectivity index (χ3n) is 6.76. The van der Waals surface area contributed by atoms with E-state index in [9.17, 15) is 9.59 Å². The van der Waals surface area contributed by atoms with E-state index < -0.39 is 6.09 Å². The lowest BCUT2D eigenvalue weighted by molar-refractivity contribution is -0.134. The van der Waals surface area contributed by atoms with E-state index in [1.807, 2.05) is 44.2 Å². The van der Waals surface area contributed by atoms with Crippen LogP contribution >= 0.6 is 0 Å². The first-order chi connectivity index (χ1) is 17.6. The van der Waals surface area contributed by atoms with Gasteiger partial charge in [-0.1, -0.05) is 89.2 Å². The maximum Gasteiger partial charge on any atom is 0.411 e. The third-order valence-corrected chi connectivity index (χ3v) is 6.76. The van der Waals surface area contributed by atoms with Gasteiger partial charge in [0.05, 0.1) is 5.69 Å². The molecule has 0 spiro atoms. The first kappa shape index (κ1) is 26.5. The third kappa shape index (κ3) is 6.40. The summed E-state index contributed by atoms with van der Waals surface area (Å²) >= 11 is 0. The van der Waals surface area contributed by atoms with Gasteiger partial charge < -0.3 is 9.47 Å². The second kappa shape index (κ2) is 11.2. The Morgan fingerprint density at radius 3 is 2.11 bits per heavy atom. The number of carbonyl (C=O) groups is 2. The van der Waals surface area contributed by atoms with Gasteiger partial charge in [-0.25, -0.2) is 4.79 Å². The molecule has 0 bridgehead atoms. The van der Waals surface area contributed by atoms with Crippen LogP contribution in [0, 0.1) is 5.41 Å². The standard InChI is InChI=1S/C32H37NO4/c1-21(2)30-27(16-10-17-28(30)37-29(34)18-11-19-32(3,4)5)33-31(35)36-20-26-24-14-8-6-12-22(24)23-13-7-9-15-25(23)26/h6-10,12-17,21,26H,11,18-20H2,1-5H3,(H,33,35). The lowest BCUT2D eigenvalue weighted by Crippen LogP contribution is -2.19. The highest BCUT2D eigenvalue weighted by Crippen LogP contribution is 2.44. The highest BCUT2D eigenvalue weighted by atomic mass is 16.5. The Morgan fingerprint density at radius 2 is 1.51 bits per heavy atom. The molecule has 1 N–H and O–H groups in total. The molecule has 0 heterocycles. The molecule has 0 aliphatic heterocycles. The van der Waals surface area contributed by atoms with Gasteiger partial charge in [0, 0.05) is 17.9 Å². The van der Waals surface area contributed by atoms with Gasteiger partial charge in [0.1, 0.15) is 12.4 Å². The van der Waals surface area contributed by atoms with E-state index in [0.717, 1.165) is 18.4 Å². The molecule has 194 valence electrons. The van der Waals surface area contributed by atoms with Crippen molar-refractivity contribution in [2.45, 2.75) is 65.7 Å². The fourth-order valence-corrected chi connectivity index (χ4v) is 5.02. The van der Waals surface area contributed by atoms with Gasteiger partial charge in [0.2, 0.25) is 0 Å². The van der Waals surface area contributed by atoms with Crippen LogP contribution < -0.4 is 10.1 Å². The summed E-state index contributed by atoms with van der Waals surface area (Å²) < 4.78 is 11.5. The number of hydrogen-bond acceptors (Lipinski definition) is 4. The predicted molar refractivity (Wildman–Crippen MR) is 148 cm³/mol. The minimum atomic E-state index is -0.530. The van der Waals surface area contributed by atoms with Crippen molar-refractivity contribution in [3.05, 3.63) is 83.4 Å². The number of nitrogens with one attached hydrogen (secondary N) is 1. The monoisotopic (exact) mass is 499 g/mol. The molecule has 0 radical (unpaired) electrons. The molecule has 37 heavy (non-hydrogen) atoms. The van der Waals surface area contributed by atoms with Crippen molar-refractivity contribution >= 4 is 17.7 Å². The molecule has 0 aromatic heterocycles. The fourth-order valence-electron chi connectivity index (χ4n) is 5.02. The van der Waals surface area contributed by atoms with Gasteiger partial charge in [-0.2, -0.15) is 0 Å². The molecule has 0 atom stereocenters. The van der Waals surface area contributed by atoms with Gasteiger partial charge in [0.25, 0.3) is 0 Å². The SMILES string of the molecule is CC(C)c1c(NC(=O)OCC2c3ccccc3-c3ccccc32)cccc1OC(=O)CCCC(C)(C)C. The number of amides is 1. The summed E-state index contributed by atoms with van der Waals surface area (Å²) in [6.45, 7) is 10.7. The molecule has 1 aliphatic carbocycles. The average molecular weight is 500 g/mol.